The SMILES string of the molecule is C=CC[Si](OC)(OC)OCC(N)CC. The van der Waals surface area contributed by atoms with Crippen LogP contribution in [0.25, 0.3) is 0 Å². The smallest absolute Gasteiger partial charge is 0.377 e. The van der Waals surface area contributed by atoms with E-state index in [2.05, 4.69) is 6.58 Å². The third-order valence-corrected chi connectivity index (χ3v) is 4.70. The summed E-state index contributed by atoms with van der Waals surface area (Å²) in [4.78, 5) is 0. The largest absolute Gasteiger partial charge is 0.504 e. The average Bonchev–Trinajstić information content (AvgIpc) is 2.24. The predicted molar refractivity (Wildman–Crippen MR) is 59.0 cm³/mol. The molecule has 5 heteroatoms. The summed E-state index contributed by atoms with van der Waals surface area (Å²) >= 11 is 0. The fourth-order valence-electron chi connectivity index (χ4n) is 0.955. The number of hydrogen-bond acceptors (Lipinski definition) is 4. The molecule has 0 saturated carbocycles. The second kappa shape index (κ2) is 7.14. The van der Waals surface area contributed by atoms with Crippen molar-refractivity contribution in [3.8, 4) is 0 Å². The zero-order chi connectivity index (χ0) is 11.0. The topological polar surface area (TPSA) is 53.7 Å². The molecule has 0 rings (SSSR count). The maximum Gasteiger partial charge on any atom is 0.504 e. The highest BCUT2D eigenvalue weighted by Crippen LogP contribution is 2.14. The molecule has 0 aromatic rings. The molecule has 1 atom stereocenters. The van der Waals surface area contributed by atoms with Crippen LogP contribution in [0, 0.1) is 0 Å². The highest BCUT2D eigenvalue weighted by Gasteiger charge is 2.37. The van der Waals surface area contributed by atoms with Crippen LogP contribution in [0.1, 0.15) is 13.3 Å². The molecule has 0 aromatic carbocycles. The van der Waals surface area contributed by atoms with Crippen molar-refractivity contribution in [2.75, 3.05) is 20.8 Å². The van der Waals surface area contributed by atoms with Gasteiger partial charge in [0.2, 0.25) is 0 Å². The van der Waals surface area contributed by atoms with E-state index < -0.39 is 8.80 Å². The molecule has 0 radical (unpaired) electrons. The first-order valence-corrected chi connectivity index (χ1v) is 6.68. The fourth-order valence-corrected chi connectivity index (χ4v) is 2.63. The van der Waals surface area contributed by atoms with Crippen LogP contribution in [0.5, 0.6) is 0 Å². The molecule has 0 heterocycles. The van der Waals surface area contributed by atoms with Gasteiger partial charge in [0.25, 0.3) is 0 Å². The first-order valence-electron chi connectivity index (χ1n) is 4.74. The van der Waals surface area contributed by atoms with Crippen molar-refractivity contribution in [2.45, 2.75) is 25.4 Å². The number of rotatable bonds is 8. The highest BCUT2D eigenvalue weighted by atomic mass is 28.4. The van der Waals surface area contributed by atoms with Gasteiger partial charge in [0, 0.05) is 26.3 Å². The molecular weight excluding hydrogens is 198 g/mol. The molecule has 2 N–H and O–H groups in total. The number of nitrogens with two attached hydrogens (primary N) is 1. The Labute approximate surface area is 87.4 Å². The molecule has 0 saturated heterocycles. The molecule has 0 amide bonds. The van der Waals surface area contributed by atoms with Gasteiger partial charge in [-0.2, -0.15) is 0 Å². The molecule has 84 valence electrons. The summed E-state index contributed by atoms with van der Waals surface area (Å²) in [7, 11) is 0.667. The van der Waals surface area contributed by atoms with Gasteiger partial charge in [-0.05, 0) is 6.42 Å². The summed E-state index contributed by atoms with van der Waals surface area (Å²) in [5.41, 5.74) is 5.75. The Morgan fingerprint density at radius 3 is 2.36 bits per heavy atom. The van der Waals surface area contributed by atoms with Crippen LogP contribution in [-0.4, -0.2) is 35.7 Å². The summed E-state index contributed by atoms with van der Waals surface area (Å²) in [5.74, 6) is 0. The Hall–Kier alpha value is -0.203. The molecular formula is C9H21NO3Si. The van der Waals surface area contributed by atoms with Gasteiger partial charge in [0.05, 0.1) is 6.61 Å². The van der Waals surface area contributed by atoms with E-state index >= 15 is 0 Å². The summed E-state index contributed by atoms with van der Waals surface area (Å²) in [5, 5.41) is 0. The van der Waals surface area contributed by atoms with Gasteiger partial charge in [-0.25, -0.2) is 0 Å². The van der Waals surface area contributed by atoms with Gasteiger partial charge in [-0.15, -0.1) is 6.58 Å². The number of allylic oxidation sites excluding steroid dienone is 1. The summed E-state index contributed by atoms with van der Waals surface area (Å²) in [6, 6.07) is 0.646. The van der Waals surface area contributed by atoms with Crippen LogP contribution < -0.4 is 5.73 Å². The third kappa shape index (κ3) is 4.34. The van der Waals surface area contributed by atoms with E-state index in [9.17, 15) is 0 Å². The molecule has 0 aliphatic carbocycles. The van der Waals surface area contributed by atoms with Crippen molar-refractivity contribution >= 4 is 8.80 Å². The molecule has 0 bridgehead atoms. The van der Waals surface area contributed by atoms with Crippen LogP contribution in [0.4, 0.5) is 0 Å². The van der Waals surface area contributed by atoms with E-state index in [0.29, 0.717) is 12.7 Å². The van der Waals surface area contributed by atoms with Gasteiger partial charge >= 0.3 is 8.80 Å². The lowest BCUT2D eigenvalue weighted by molar-refractivity contribution is 0.0948. The van der Waals surface area contributed by atoms with Crippen LogP contribution in [0.2, 0.25) is 6.04 Å². The Bertz CT molecular complexity index is 162. The van der Waals surface area contributed by atoms with Gasteiger partial charge in [-0.3, -0.25) is 0 Å². The van der Waals surface area contributed by atoms with Gasteiger partial charge < -0.3 is 19.0 Å². The van der Waals surface area contributed by atoms with Crippen molar-refractivity contribution in [1.82, 2.24) is 0 Å². The summed E-state index contributed by atoms with van der Waals surface area (Å²) in [6.45, 7) is 6.14. The van der Waals surface area contributed by atoms with Crippen LogP contribution in [-0.2, 0) is 13.3 Å². The van der Waals surface area contributed by atoms with E-state index in [4.69, 9.17) is 19.0 Å². The van der Waals surface area contributed by atoms with Crippen LogP contribution in [0.3, 0.4) is 0 Å². The molecule has 1 unspecified atom stereocenters. The number of hydrogen-bond donors (Lipinski definition) is 1. The Kier molecular flexibility index (Phi) is 7.03. The zero-order valence-corrected chi connectivity index (χ0v) is 10.3. The lowest BCUT2D eigenvalue weighted by atomic mass is 10.3. The van der Waals surface area contributed by atoms with Gasteiger partial charge in [-0.1, -0.05) is 13.0 Å². The van der Waals surface area contributed by atoms with E-state index in [1.165, 1.54) is 0 Å². The summed E-state index contributed by atoms with van der Waals surface area (Å²) in [6.07, 6.45) is 2.63. The minimum atomic E-state index is -2.52. The minimum Gasteiger partial charge on any atom is -0.377 e. The lowest BCUT2D eigenvalue weighted by Gasteiger charge is -2.26. The Balaban J connectivity index is 4.13. The zero-order valence-electron chi connectivity index (χ0n) is 9.29. The van der Waals surface area contributed by atoms with Crippen LogP contribution >= 0.6 is 0 Å². The Morgan fingerprint density at radius 1 is 1.43 bits per heavy atom. The van der Waals surface area contributed by atoms with Gasteiger partial charge in [0.1, 0.15) is 0 Å². The minimum absolute atomic E-state index is 0.0389. The molecule has 14 heavy (non-hydrogen) atoms. The van der Waals surface area contributed by atoms with E-state index in [1.54, 1.807) is 20.3 Å². The molecule has 0 aliphatic heterocycles. The average molecular weight is 219 g/mol. The second-order valence-corrected chi connectivity index (χ2v) is 5.94. The maximum atomic E-state index is 5.75. The van der Waals surface area contributed by atoms with Gasteiger partial charge in [0.15, 0.2) is 0 Å². The fraction of sp³-hybridized carbons (Fsp3) is 0.778. The quantitative estimate of drug-likeness (QED) is 0.491. The monoisotopic (exact) mass is 219 g/mol. The summed E-state index contributed by atoms with van der Waals surface area (Å²) < 4.78 is 16.2. The van der Waals surface area contributed by atoms with Crippen molar-refractivity contribution in [2.24, 2.45) is 5.73 Å². The molecule has 4 nitrogen and oxygen atoms in total. The van der Waals surface area contributed by atoms with E-state index in [1.807, 2.05) is 6.92 Å². The first kappa shape index (κ1) is 13.8. The maximum absolute atomic E-state index is 5.75. The normalized spacial score (nSPS) is 14.0. The van der Waals surface area contributed by atoms with Crippen molar-refractivity contribution in [3.05, 3.63) is 12.7 Å². The second-order valence-electron chi connectivity index (χ2n) is 3.06. The molecule has 0 fully saturated rings. The standard InChI is InChI=1S/C9H21NO3Si/c1-5-7-14(11-3,12-4)13-8-9(10)6-2/h5,9H,1,6-8,10H2,2-4H3. The predicted octanol–water partition coefficient (Wildman–Crippen LogP) is 1.16. The van der Waals surface area contributed by atoms with E-state index in [0.717, 1.165) is 6.42 Å². The highest BCUT2D eigenvalue weighted by molar-refractivity contribution is 6.61. The third-order valence-electron chi connectivity index (χ3n) is 2.06. The molecule has 0 aromatic heterocycles. The molecule has 0 aliphatic rings. The van der Waals surface area contributed by atoms with E-state index in [-0.39, 0.29) is 6.04 Å². The van der Waals surface area contributed by atoms with Crippen molar-refractivity contribution < 1.29 is 13.3 Å². The lowest BCUT2D eigenvalue weighted by Crippen LogP contribution is -2.46. The van der Waals surface area contributed by atoms with Crippen molar-refractivity contribution in [1.29, 1.82) is 0 Å². The van der Waals surface area contributed by atoms with Crippen molar-refractivity contribution in [3.63, 3.8) is 0 Å². The van der Waals surface area contributed by atoms with Crippen LogP contribution in [0.15, 0.2) is 12.7 Å². The molecule has 0 spiro atoms. The Morgan fingerprint density at radius 2 is 2.00 bits per heavy atom. The first-order chi connectivity index (χ1) is 6.64.